The third-order valence-electron chi connectivity index (χ3n) is 5.50. The summed E-state index contributed by atoms with van der Waals surface area (Å²) in [7, 11) is 2.68. The lowest BCUT2D eigenvalue weighted by molar-refractivity contribution is -0.131. The summed E-state index contributed by atoms with van der Waals surface area (Å²) < 4.78 is 12.2. The molecule has 0 saturated carbocycles. The van der Waals surface area contributed by atoms with Gasteiger partial charge in [-0.3, -0.25) is 4.84 Å². The summed E-state index contributed by atoms with van der Waals surface area (Å²) in [6.45, 7) is 2.38. The molecule has 10 heteroatoms. The molecule has 0 aliphatic rings. The summed E-state index contributed by atoms with van der Waals surface area (Å²) >= 11 is 5.91. The summed E-state index contributed by atoms with van der Waals surface area (Å²) in [6, 6.07) is 16.3. The lowest BCUT2D eigenvalue weighted by atomic mass is 10.1. The molecule has 2 aromatic carbocycles. The third-order valence-corrected chi connectivity index (χ3v) is 5.75. The van der Waals surface area contributed by atoms with Crippen LogP contribution in [-0.2, 0) is 21.0 Å². The molecule has 3 aromatic rings. The molecule has 0 radical (unpaired) electrons. The van der Waals surface area contributed by atoms with Crippen molar-refractivity contribution in [3.63, 3.8) is 0 Å². The van der Waals surface area contributed by atoms with Crippen LogP contribution in [-0.4, -0.2) is 41.2 Å². The number of carbonyl (C=O) groups is 2. The highest BCUT2D eigenvalue weighted by molar-refractivity contribution is 6.30. The Bertz CT molecular complexity index is 1180. The topological polar surface area (TPSA) is 103 Å². The van der Waals surface area contributed by atoms with Gasteiger partial charge in [0.15, 0.2) is 0 Å². The van der Waals surface area contributed by atoms with Crippen molar-refractivity contribution in [1.82, 2.24) is 9.78 Å². The summed E-state index contributed by atoms with van der Waals surface area (Å²) in [5, 5.41) is 14.4. The molecule has 9 nitrogen and oxygen atoms in total. The van der Waals surface area contributed by atoms with Crippen molar-refractivity contribution in [3.05, 3.63) is 83.5 Å². The first kappa shape index (κ1) is 31.4. The van der Waals surface area contributed by atoms with Crippen molar-refractivity contribution in [2.75, 3.05) is 19.3 Å². The van der Waals surface area contributed by atoms with Gasteiger partial charge in [-0.1, -0.05) is 68.5 Å². The molecule has 0 unspecified atom stereocenters. The number of amides is 1. The first-order valence-electron chi connectivity index (χ1n) is 12.7. The molecule has 1 aromatic heterocycles. The average molecular weight is 558 g/mol. The Kier molecular flexibility index (Phi) is 14.2. The van der Waals surface area contributed by atoms with Crippen LogP contribution < -0.4 is 9.80 Å². The van der Waals surface area contributed by atoms with Crippen molar-refractivity contribution < 1.29 is 29.0 Å². The van der Waals surface area contributed by atoms with Crippen LogP contribution in [0.15, 0.2) is 72.9 Å². The Morgan fingerprint density at radius 3 is 2.41 bits per heavy atom. The molecular formula is C29H36ClN3O6. The number of benzene rings is 2. The van der Waals surface area contributed by atoms with Crippen LogP contribution >= 0.6 is 11.6 Å². The van der Waals surface area contributed by atoms with Crippen LogP contribution in [0.2, 0.25) is 5.02 Å². The van der Waals surface area contributed by atoms with Gasteiger partial charge in [0.25, 0.3) is 0 Å². The molecule has 0 atom stereocenters. The van der Waals surface area contributed by atoms with Gasteiger partial charge in [-0.05, 0) is 43.2 Å². The quantitative estimate of drug-likeness (QED) is 0.134. The largest absolute Gasteiger partial charge is 0.478 e. The van der Waals surface area contributed by atoms with Gasteiger partial charge in [-0.15, -0.1) is 5.10 Å². The lowest BCUT2D eigenvalue weighted by Gasteiger charge is -2.20. The number of allylic oxidation sites excluding steroid dienone is 1. The van der Waals surface area contributed by atoms with Crippen molar-refractivity contribution in [2.45, 2.75) is 52.1 Å². The standard InChI is InChI=1S/C19H18ClN3O4.C10H18O2/c1-25-19(24)23(26-2)17-6-4-3-5-14(17)13-27-18-11-12-22(21-18)16-9-7-15(20)8-10-16;1-2-3-4-5-6-7-8-9-10(11)12/h3-12H,13H2,1-2H3;8-9H,2-7H2,1H3,(H,11,12)/b;9-8+. The van der Waals surface area contributed by atoms with E-state index in [0.29, 0.717) is 16.6 Å². The maximum atomic E-state index is 11.9. The third kappa shape index (κ3) is 11.2. The van der Waals surface area contributed by atoms with Crippen LogP contribution in [0.1, 0.15) is 51.0 Å². The Labute approximate surface area is 234 Å². The number of rotatable bonds is 13. The predicted molar refractivity (Wildman–Crippen MR) is 151 cm³/mol. The maximum absolute atomic E-state index is 11.9. The predicted octanol–water partition coefficient (Wildman–Crippen LogP) is 7.23. The van der Waals surface area contributed by atoms with Gasteiger partial charge < -0.3 is 14.6 Å². The number of unbranched alkanes of at least 4 members (excludes halogenated alkanes) is 5. The van der Waals surface area contributed by atoms with E-state index in [9.17, 15) is 9.59 Å². The number of carboxylic acids is 1. The normalized spacial score (nSPS) is 10.6. The van der Waals surface area contributed by atoms with Crippen LogP contribution in [0.5, 0.6) is 5.88 Å². The number of hydrogen-bond acceptors (Lipinski definition) is 6. The highest BCUT2D eigenvalue weighted by atomic mass is 35.5. The molecule has 0 bridgehead atoms. The second-order valence-electron chi connectivity index (χ2n) is 8.38. The number of nitrogens with zero attached hydrogens (tertiary/aromatic N) is 3. The highest BCUT2D eigenvalue weighted by Gasteiger charge is 2.19. The number of hydroxylamine groups is 1. The van der Waals surface area contributed by atoms with Gasteiger partial charge in [0.1, 0.15) is 6.61 Å². The van der Waals surface area contributed by atoms with Gasteiger partial charge in [0, 0.05) is 28.9 Å². The smallest absolute Gasteiger partial charge is 0.438 e. The van der Waals surface area contributed by atoms with Gasteiger partial charge in [-0.25, -0.2) is 14.3 Å². The highest BCUT2D eigenvalue weighted by Crippen LogP contribution is 2.23. The van der Waals surface area contributed by atoms with Crippen molar-refractivity contribution in [3.8, 4) is 11.6 Å². The minimum Gasteiger partial charge on any atom is -0.478 e. The number of carbonyl (C=O) groups excluding carboxylic acids is 1. The fraction of sp³-hybridized carbons (Fsp3) is 0.345. The molecule has 0 spiro atoms. The molecule has 0 saturated heterocycles. The van der Waals surface area contributed by atoms with E-state index in [1.54, 1.807) is 47.3 Å². The van der Waals surface area contributed by atoms with Crippen molar-refractivity contribution >= 4 is 29.4 Å². The average Bonchev–Trinajstić information content (AvgIpc) is 3.42. The summed E-state index contributed by atoms with van der Waals surface area (Å²) in [4.78, 5) is 27.0. The maximum Gasteiger partial charge on any atom is 0.438 e. The Morgan fingerprint density at radius 1 is 1.03 bits per heavy atom. The first-order valence-corrected chi connectivity index (χ1v) is 13.1. The van der Waals surface area contributed by atoms with E-state index < -0.39 is 12.1 Å². The second-order valence-corrected chi connectivity index (χ2v) is 8.82. The summed E-state index contributed by atoms with van der Waals surface area (Å²) in [5.41, 5.74) is 2.14. The zero-order valence-electron chi connectivity index (χ0n) is 22.6. The second kappa shape index (κ2) is 17.6. The number of para-hydroxylation sites is 1. The fourth-order valence-electron chi connectivity index (χ4n) is 3.51. The molecule has 3 rings (SSSR count). The molecule has 0 aliphatic heterocycles. The molecule has 210 valence electrons. The van der Waals surface area contributed by atoms with Crippen LogP contribution in [0, 0.1) is 0 Å². The number of methoxy groups -OCH3 is 1. The Morgan fingerprint density at radius 2 is 1.74 bits per heavy atom. The van der Waals surface area contributed by atoms with E-state index in [2.05, 4.69) is 12.0 Å². The number of hydrogen-bond donors (Lipinski definition) is 1. The number of carboxylic acid groups (broad SMARTS) is 1. The van der Waals surface area contributed by atoms with E-state index in [0.717, 1.165) is 29.2 Å². The van der Waals surface area contributed by atoms with Gasteiger partial charge in [0.2, 0.25) is 5.88 Å². The molecule has 1 N–H and O–H groups in total. The lowest BCUT2D eigenvalue weighted by Crippen LogP contribution is -2.30. The number of halogens is 1. The van der Waals surface area contributed by atoms with E-state index >= 15 is 0 Å². The molecule has 0 aliphatic carbocycles. The molecule has 39 heavy (non-hydrogen) atoms. The SMILES string of the molecule is CCCCCCC/C=C/C(=O)O.COC(=O)N(OC)c1ccccc1COc1ccn(-c2ccc(Cl)cc2)n1. The molecule has 1 heterocycles. The van der Waals surface area contributed by atoms with Crippen LogP contribution in [0.25, 0.3) is 5.69 Å². The fourth-order valence-corrected chi connectivity index (χ4v) is 3.63. The minimum atomic E-state index is -0.844. The first-order chi connectivity index (χ1) is 18.9. The molecule has 1 amide bonds. The minimum absolute atomic E-state index is 0.199. The van der Waals surface area contributed by atoms with E-state index in [1.807, 2.05) is 24.3 Å². The monoisotopic (exact) mass is 557 g/mol. The summed E-state index contributed by atoms with van der Waals surface area (Å²) in [5.74, 6) is -0.398. The van der Waals surface area contributed by atoms with E-state index in [1.165, 1.54) is 46.0 Å². The zero-order chi connectivity index (χ0) is 28.5. The van der Waals surface area contributed by atoms with Crippen molar-refractivity contribution in [1.29, 1.82) is 0 Å². The zero-order valence-corrected chi connectivity index (χ0v) is 23.3. The molecular weight excluding hydrogens is 522 g/mol. The van der Waals surface area contributed by atoms with Gasteiger partial charge in [0.05, 0.1) is 25.6 Å². The van der Waals surface area contributed by atoms with Crippen LogP contribution in [0.4, 0.5) is 10.5 Å². The van der Waals surface area contributed by atoms with Gasteiger partial charge in [-0.2, -0.15) is 5.06 Å². The summed E-state index contributed by atoms with van der Waals surface area (Å²) in [6.07, 6.45) is 11.2. The number of aromatic nitrogens is 2. The van der Waals surface area contributed by atoms with E-state index in [4.69, 9.17) is 31.0 Å². The van der Waals surface area contributed by atoms with Crippen molar-refractivity contribution in [2.24, 2.45) is 0 Å². The number of anilines is 1. The Hall–Kier alpha value is -3.82. The van der Waals surface area contributed by atoms with Gasteiger partial charge >= 0.3 is 12.1 Å². The number of ether oxygens (including phenoxy) is 2. The Balaban J connectivity index is 0.000000377. The number of aliphatic carboxylic acids is 1. The van der Waals surface area contributed by atoms with E-state index in [-0.39, 0.29) is 6.61 Å². The molecule has 0 fully saturated rings. The van der Waals surface area contributed by atoms with Crippen LogP contribution in [0.3, 0.4) is 0 Å².